The van der Waals surface area contributed by atoms with E-state index in [0.29, 0.717) is 12.5 Å². The van der Waals surface area contributed by atoms with Gasteiger partial charge < -0.3 is 14.6 Å². The van der Waals surface area contributed by atoms with E-state index in [1.165, 1.54) is 12.0 Å². The molecule has 0 radical (unpaired) electrons. The van der Waals surface area contributed by atoms with Gasteiger partial charge in [0.05, 0.1) is 6.04 Å². The minimum Gasteiger partial charge on any atom is -0.461 e. The third-order valence-corrected chi connectivity index (χ3v) is 5.24. The maximum atomic E-state index is 12.1. The lowest BCUT2D eigenvalue weighted by atomic mass is 10.1. The van der Waals surface area contributed by atoms with Gasteiger partial charge in [-0.15, -0.1) is 0 Å². The summed E-state index contributed by atoms with van der Waals surface area (Å²) in [5, 5.41) is 7.15. The summed E-state index contributed by atoms with van der Waals surface area (Å²) in [4.78, 5) is 14.2. The van der Waals surface area contributed by atoms with Crippen molar-refractivity contribution < 1.29 is 9.21 Å². The van der Waals surface area contributed by atoms with Crippen molar-refractivity contribution in [3.8, 4) is 0 Å². The fraction of sp³-hybridized carbons (Fsp3) is 0.421. The molecule has 2 aromatic heterocycles. The standard InChI is InChI=1S/C19H24N2O2S/c1-13-10-16(13)18-6-4-15(23-18)5-7-19(22)20-11-17(21(2)3)14-8-9-24-12-14/h4-9,12-13,16-17H,10-11H2,1-3H3,(H,20,22). The molecule has 0 aromatic carbocycles. The van der Waals surface area contributed by atoms with Crippen LogP contribution < -0.4 is 5.32 Å². The molecular formula is C19H24N2O2S. The summed E-state index contributed by atoms with van der Waals surface area (Å²) < 4.78 is 5.78. The van der Waals surface area contributed by atoms with Gasteiger partial charge in [-0.2, -0.15) is 11.3 Å². The Kier molecular flexibility index (Phi) is 5.21. The summed E-state index contributed by atoms with van der Waals surface area (Å²) in [6.45, 7) is 2.81. The van der Waals surface area contributed by atoms with Crippen LogP contribution in [0.2, 0.25) is 0 Å². The van der Waals surface area contributed by atoms with Crippen LogP contribution in [0.3, 0.4) is 0 Å². The van der Waals surface area contributed by atoms with E-state index in [9.17, 15) is 4.79 Å². The number of carbonyl (C=O) groups excluding carboxylic acids is 1. The number of thiophene rings is 1. The molecule has 5 heteroatoms. The van der Waals surface area contributed by atoms with Crippen LogP contribution in [0.5, 0.6) is 0 Å². The summed E-state index contributed by atoms with van der Waals surface area (Å²) in [5.74, 6) is 2.95. The number of hydrogen-bond donors (Lipinski definition) is 1. The van der Waals surface area contributed by atoms with E-state index in [2.05, 4.69) is 34.0 Å². The van der Waals surface area contributed by atoms with Crippen molar-refractivity contribution in [3.05, 3.63) is 52.1 Å². The number of rotatable bonds is 7. The van der Waals surface area contributed by atoms with Gasteiger partial charge in [-0.1, -0.05) is 6.92 Å². The van der Waals surface area contributed by atoms with E-state index < -0.39 is 0 Å². The quantitative estimate of drug-likeness (QED) is 0.775. The lowest BCUT2D eigenvalue weighted by Crippen LogP contribution is -2.33. The largest absolute Gasteiger partial charge is 0.461 e. The van der Waals surface area contributed by atoms with Crippen LogP contribution in [0.25, 0.3) is 6.08 Å². The van der Waals surface area contributed by atoms with Gasteiger partial charge in [-0.05, 0) is 67.0 Å². The Bertz CT molecular complexity index is 703. The van der Waals surface area contributed by atoms with Gasteiger partial charge in [0.1, 0.15) is 11.5 Å². The fourth-order valence-corrected chi connectivity index (χ4v) is 3.56. The fourth-order valence-electron chi connectivity index (χ4n) is 2.85. The number of nitrogens with one attached hydrogen (secondary N) is 1. The Morgan fingerprint density at radius 3 is 2.88 bits per heavy atom. The molecule has 1 aliphatic carbocycles. The van der Waals surface area contributed by atoms with Gasteiger partial charge in [-0.3, -0.25) is 4.79 Å². The second-order valence-corrected chi connectivity index (χ2v) is 7.45. The predicted octanol–water partition coefficient (Wildman–Crippen LogP) is 3.90. The van der Waals surface area contributed by atoms with Gasteiger partial charge in [0, 0.05) is 18.5 Å². The number of nitrogens with zero attached hydrogens (tertiary/aromatic N) is 1. The highest BCUT2D eigenvalue weighted by atomic mass is 32.1. The average Bonchev–Trinajstić information content (AvgIpc) is 2.99. The SMILES string of the molecule is CC1CC1c1ccc(C=CC(=O)NCC(c2ccsc2)N(C)C)o1. The zero-order valence-corrected chi connectivity index (χ0v) is 15.2. The number of amides is 1. The molecule has 3 rings (SSSR count). The first-order valence-corrected chi connectivity index (χ1v) is 9.23. The molecule has 1 amide bonds. The Morgan fingerprint density at radius 2 is 2.25 bits per heavy atom. The van der Waals surface area contributed by atoms with E-state index in [-0.39, 0.29) is 11.9 Å². The second-order valence-electron chi connectivity index (χ2n) is 6.67. The van der Waals surface area contributed by atoms with E-state index in [1.807, 2.05) is 26.2 Å². The van der Waals surface area contributed by atoms with Crippen molar-refractivity contribution in [1.29, 1.82) is 0 Å². The molecular weight excluding hydrogens is 320 g/mol. The highest BCUT2D eigenvalue weighted by molar-refractivity contribution is 7.07. The van der Waals surface area contributed by atoms with Gasteiger partial charge in [0.15, 0.2) is 0 Å². The summed E-state index contributed by atoms with van der Waals surface area (Å²) >= 11 is 1.67. The molecule has 3 unspecified atom stereocenters. The molecule has 0 bridgehead atoms. The molecule has 0 spiro atoms. The van der Waals surface area contributed by atoms with Crippen molar-refractivity contribution in [2.45, 2.75) is 25.3 Å². The summed E-state index contributed by atoms with van der Waals surface area (Å²) in [6.07, 6.45) is 4.48. The van der Waals surface area contributed by atoms with Crippen LogP contribution in [0.15, 0.2) is 39.5 Å². The third kappa shape index (κ3) is 4.16. The first-order valence-electron chi connectivity index (χ1n) is 8.28. The number of hydrogen-bond acceptors (Lipinski definition) is 4. The van der Waals surface area contributed by atoms with Crippen molar-refractivity contribution >= 4 is 23.3 Å². The first kappa shape index (κ1) is 17.0. The molecule has 1 aliphatic rings. The molecule has 2 heterocycles. The van der Waals surface area contributed by atoms with Crippen molar-refractivity contribution in [1.82, 2.24) is 10.2 Å². The minimum atomic E-state index is -0.102. The molecule has 0 saturated heterocycles. The predicted molar refractivity (Wildman–Crippen MR) is 98.0 cm³/mol. The van der Waals surface area contributed by atoms with E-state index in [1.54, 1.807) is 23.5 Å². The molecule has 3 atom stereocenters. The highest BCUT2D eigenvalue weighted by Crippen LogP contribution is 2.47. The number of carbonyl (C=O) groups is 1. The van der Waals surface area contributed by atoms with E-state index >= 15 is 0 Å². The molecule has 4 nitrogen and oxygen atoms in total. The van der Waals surface area contributed by atoms with Gasteiger partial charge in [0.2, 0.25) is 5.91 Å². The van der Waals surface area contributed by atoms with Crippen LogP contribution in [0.4, 0.5) is 0 Å². The van der Waals surface area contributed by atoms with Crippen LogP contribution >= 0.6 is 11.3 Å². The Morgan fingerprint density at radius 1 is 1.46 bits per heavy atom. The maximum Gasteiger partial charge on any atom is 0.244 e. The van der Waals surface area contributed by atoms with E-state index in [4.69, 9.17) is 4.42 Å². The first-order chi connectivity index (χ1) is 11.5. The van der Waals surface area contributed by atoms with Crippen LogP contribution in [-0.2, 0) is 4.79 Å². The van der Waals surface area contributed by atoms with Crippen molar-refractivity contribution in [2.24, 2.45) is 5.92 Å². The summed E-state index contributed by atoms with van der Waals surface area (Å²) in [5.41, 5.74) is 1.23. The molecule has 1 N–H and O–H groups in total. The Labute approximate surface area is 147 Å². The van der Waals surface area contributed by atoms with Gasteiger partial charge >= 0.3 is 0 Å². The zero-order valence-electron chi connectivity index (χ0n) is 14.4. The third-order valence-electron chi connectivity index (χ3n) is 4.54. The molecule has 0 aliphatic heterocycles. The summed E-state index contributed by atoms with van der Waals surface area (Å²) in [7, 11) is 4.04. The molecule has 1 saturated carbocycles. The second kappa shape index (κ2) is 7.36. The topological polar surface area (TPSA) is 45.5 Å². The molecule has 24 heavy (non-hydrogen) atoms. The summed E-state index contributed by atoms with van der Waals surface area (Å²) in [6, 6.07) is 6.23. The lowest BCUT2D eigenvalue weighted by molar-refractivity contribution is -0.116. The minimum absolute atomic E-state index is 0.102. The Hall–Kier alpha value is -1.85. The molecule has 1 fully saturated rings. The maximum absolute atomic E-state index is 12.1. The number of likely N-dealkylation sites (N-methyl/N-ethyl adjacent to an activating group) is 1. The van der Waals surface area contributed by atoms with Crippen LogP contribution in [0, 0.1) is 5.92 Å². The molecule has 2 aromatic rings. The van der Waals surface area contributed by atoms with Crippen molar-refractivity contribution in [3.63, 3.8) is 0 Å². The zero-order chi connectivity index (χ0) is 17.1. The molecule has 128 valence electrons. The van der Waals surface area contributed by atoms with Gasteiger partial charge in [0.25, 0.3) is 0 Å². The van der Waals surface area contributed by atoms with E-state index in [0.717, 1.165) is 17.4 Å². The average molecular weight is 344 g/mol. The number of furan rings is 1. The Balaban J connectivity index is 1.52. The monoisotopic (exact) mass is 344 g/mol. The normalized spacial score (nSPS) is 21.3. The smallest absolute Gasteiger partial charge is 0.244 e. The highest BCUT2D eigenvalue weighted by Gasteiger charge is 2.36. The lowest BCUT2D eigenvalue weighted by Gasteiger charge is -2.23. The van der Waals surface area contributed by atoms with Crippen LogP contribution in [0.1, 0.15) is 42.4 Å². The van der Waals surface area contributed by atoms with Gasteiger partial charge in [-0.25, -0.2) is 0 Å². The van der Waals surface area contributed by atoms with Crippen molar-refractivity contribution in [2.75, 3.05) is 20.6 Å². The van der Waals surface area contributed by atoms with Crippen LogP contribution in [-0.4, -0.2) is 31.4 Å².